The molecule has 1 aromatic rings. The molecule has 3 unspecified atom stereocenters. The van der Waals surface area contributed by atoms with E-state index in [1.807, 2.05) is 18.7 Å². The molecule has 2 fully saturated rings. The number of benzene rings is 1. The van der Waals surface area contributed by atoms with E-state index in [-0.39, 0.29) is 17.3 Å². The number of thioether (sulfide) groups is 1. The lowest BCUT2D eigenvalue weighted by Crippen LogP contribution is -2.41. The summed E-state index contributed by atoms with van der Waals surface area (Å²) in [5, 5.41) is 10.7. The van der Waals surface area contributed by atoms with Gasteiger partial charge in [-0.05, 0) is 61.1 Å². The number of hydrogen-bond acceptors (Lipinski definition) is 3. The number of ether oxygens (including phenoxy) is 1. The van der Waals surface area contributed by atoms with Crippen LogP contribution >= 0.6 is 11.8 Å². The van der Waals surface area contributed by atoms with Crippen LogP contribution in [0.2, 0.25) is 0 Å². The number of aliphatic hydroxyl groups is 1. The van der Waals surface area contributed by atoms with Gasteiger partial charge in [0.15, 0.2) is 0 Å². The molecule has 1 aromatic carbocycles. The lowest BCUT2D eigenvalue weighted by Gasteiger charge is -2.39. The van der Waals surface area contributed by atoms with Crippen molar-refractivity contribution in [3.05, 3.63) is 35.1 Å². The molecular formula is C16H21FO2S. The molecule has 110 valence electrons. The Bertz CT molecular complexity index is 485. The minimum atomic E-state index is -0.512. The molecule has 3 atom stereocenters. The van der Waals surface area contributed by atoms with Crippen molar-refractivity contribution in [1.82, 2.24) is 0 Å². The molecule has 2 aliphatic heterocycles. The summed E-state index contributed by atoms with van der Waals surface area (Å²) in [6.07, 6.45) is 2.37. The molecule has 0 aromatic heterocycles. The van der Waals surface area contributed by atoms with Crippen LogP contribution in [0.1, 0.15) is 36.5 Å². The fourth-order valence-electron chi connectivity index (χ4n) is 3.42. The second kappa shape index (κ2) is 5.66. The number of rotatable bonds is 2. The van der Waals surface area contributed by atoms with E-state index in [1.165, 1.54) is 12.1 Å². The van der Waals surface area contributed by atoms with Crippen molar-refractivity contribution in [2.75, 3.05) is 18.1 Å². The molecule has 2 nitrogen and oxygen atoms in total. The first-order chi connectivity index (χ1) is 9.60. The Morgan fingerprint density at radius 3 is 3.05 bits per heavy atom. The fraction of sp³-hybridized carbons (Fsp3) is 0.625. The normalized spacial score (nSPS) is 31.6. The molecular weight excluding hydrogens is 275 g/mol. The summed E-state index contributed by atoms with van der Waals surface area (Å²) in [4.78, 5) is 0. The van der Waals surface area contributed by atoms with Crippen molar-refractivity contribution in [2.24, 2.45) is 5.92 Å². The Morgan fingerprint density at radius 1 is 1.50 bits per heavy atom. The Hall–Kier alpha value is -0.580. The second-order valence-corrected chi connectivity index (χ2v) is 7.14. The van der Waals surface area contributed by atoms with Crippen LogP contribution in [-0.2, 0) is 4.74 Å². The molecule has 4 heteroatoms. The van der Waals surface area contributed by atoms with E-state index in [0.717, 1.165) is 48.5 Å². The molecule has 0 bridgehead atoms. The topological polar surface area (TPSA) is 29.5 Å². The van der Waals surface area contributed by atoms with Gasteiger partial charge in [-0.1, -0.05) is 6.07 Å². The summed E-state index contributed by atoms with van der Waals surface area (Å²) in [6.45, 7) is 2.59. The average Bonchev–Trinajstić information content (AvgIpc) is 2.86. The molecule has 2 heterocycles. The third-order valence-corrected chi connectivity index (χ3v) is 5.82. The predicted molar refractivity (Wildman–Crippen MR) is 79.4 cm³/mol. The van der Waals surface area contributed by atoms with E-state index in [1.54, 1.807) is 6.07 Å². The molecule has 1 N–H and O–H groups in total. The van der Waals surface area contributed by atoms with E-state index < -0.39 is 6.10 Å². The van der Waals surface area contributed by atoms with Gasteiger partial charge in [-0.15, -0.1) is 0 Å². The van der Waals surface area contributed by atoms with E-state index in [0.29, 0.717) is 0 Å². The minimum Gasteiger partial charge on any atom is -0.388 e. The SMILES string of the molecule is Cc1cc(F)ccc1C(O)C1CCOC2(CCSC2)C1. The highest BCUT2D eigenvalue weighted by Gasteiger charge is 2.42. The van der Waals surface area contributed by atoms with E-state index >= 15 is 0 Å². The number of halogens is 1. The molecule has 0 radical (unpaired) electrons. The zero-order valence-corrected chi connectivity index (χ0v) is 12.6. The van der Waals surface area contributed by atoms with Crippen LogP contribution in [0.3, 0.4) is 0 Å². The molecule has 2 saturated heterocycles. The van der Waals surface area contributed by atoms with Gasteiger partial charge in [-0.3, -0.25) is 0 Å². The average molecular weight is 296 g/mol. The molecule has 0 amide bonds. The van der Waals surface area contributed by atoms with E-state index in [9.17, 15) is 9.50 Å². The quantitative estimate of drug-likeness (QED) is 0.906. The highest BCUT2D eigenvalue weighted by molar-refractivity contribution is 7.99. The largest absolute Gasteiger partial charge is 0.388 e. The highest BCUT2D eigenvalue weighted by Crippen LogP contribution is 2.44. The summed E-state index contributed by atoms with van der Waals surface area (Å²) < 4.78 is 19.2. The second-order valence-electron chi connectivity index (χ2n) is 6.03. The van der Waals surface area contributed by atoms with Crippen LogP contribution in [0.25, 0.3) is 0 Å². The van der Waals surface area contributed by atoms with Crippen molar-refractivity contribution in [2.45, 2.75) is 37.9 Å². The van der Waals surface area contributed by atoms with Crippen molar-refractivity contribution >= 4 is 11.8 Å². The highest BCUT2D eigenvalue weighted by atomic mass is 32.2. The van der Waals surface area contributed by atoms with Gasteiger partial charge in [0.2, 0.25) is 0 Å². The van der Waals surface area contributed by atoms with Gasteiger partial charge >= 0.3 is 0 Å². The van der Waals surface area contributed by atoms with Gasteiger partial charge in [0.1, 0.15) is 5.82 Å². The van der Waals surface area contributed by atoms with Crippen molar-refractivity contribution in [3.8, 4) is 0 Å². The van der Waals surface area contributed by atoms with Crippen LogP contribution in [0.15, 0.2) is 18.2 Å². The van der Waals surface area contributed by atoms with Crippen LogP contribution in [0.5, 0.6) is 0 Å². The molecule has 20 heavy (non-hydrogen) atoms. The summed E-state index contributed by atoms with van der Waals surface area (Å²) in [7, 11) is 0. The smallest absolute Gasteiger partial charge is 0.123 e. The Morgan fingerprint density at radius 2 is 2.35 bits per heavy atom. The Kier molecular flexibility index (Phi) is 4.07. The van der Waals surface area contributed by atoms with Crippen LogP contribution in [0.4, 0.5) is 4.39 Å². The predicted octanol–water partition coefficient (Wildman–Crippen LogP) is 3.47. The number of aliphatic hydroxyl groups excluding tert-OH is 1. The first-order valence-electron chi connectivity index (χ1n) is 7.25. The van der Waals surface area contributed by atoms with Crippen molar-refractivity contribution < 1.29 is 14.2 Å². The first-order valence-corrected chi connectivity index (χ1v) is 8.41. The summed E-state index contributed by atoms with van der Waals surface area (Å²) in [5.41, 5.74) is 1.67. The minimum absolute atomic E-state index is 0.0253. The molecule has 1 spiro atoms. The lowest BCUT2D eigenvalue weighted by atomic mass is 9.79. The molecule has 0 saturated carbocycles. The van der Waals surface area contributed by atoms with E-state index in [4.69, 9.17) is 4.74 Å². The van der Waals surface area contributed by atoms with Gasteiger partial charge in [0.05, 0.1) is 11.7 Å². The molecule has 3 rings (SSSR count). The van der Waals surface area contributed by atoms with Crippen LogP contribution in [-0.4, -0.2) is 28.8 Å². The standard InChI is InChI=1S/C16H21FO2S/c1-11-8-13(17)2-3-14(11)15(18)12-4-6-19-16(9-12)5-7-20-10-16/h2-3,8,12,15,18H,4-7,9-10H2,1H3. The van der Waals surface area contributed by atoms with Gasteiger partial charge in [0.25, 0.3) is 0 Å². The number of aryl methyl sites for hydroxylation is 1. The molecule has 0 aliphatic carbocycles. The van der Waals surface area contributed by atoms with Crippen molar-refractivity contribution in [1.29, 1.82) is 0 Å². The fourth-order valence-corrected chi connectivity index (χ4v) is 4.80. The number of hydrogen-bond donors (Lipinski definition) is 1. The third kappa shape index (κ3) is 2.74. The summed E-state index contributed by atoms with van der Waals surface area (Å²) in [6, 6.07) is 4.66. The third-order valence-electron chi connectivity index (χ3n) is 4.60. The lowest BCUT2D eigenvalue weighted by molar-refractivity contribution is -0.102. The zero-order valence-electron chi connectivity index (χ0n) is 11.8. The van der Waals surface area contributed by atoms with Crippen molar-refractivity contribution in [3.63, 3.8) is 0 Å². The monoisotopic (exact) mass is 296 g/mol. The Labute approximate surface area is 123 Å². The zero-order chi connectivity index (χ0) is 14.2. The van der Waals surface area contributed by atoms with Gasteiger partial charge in [0, 0.05) is 12.4 Å². The maximum absolute atomic E-state index is 13.2. The van der Waals surface area contributed by atoms with Gasteiger partial charge < -0.3 is 9.84 Å². The van der Waals surface area contributed by atoms with Gasteiger partial charge in [-0.25, -0.2) is 4.39 Å². The Balaban J connectivity index is 1.77. The molecule has 2 aliphatic rings. The summed E-state index contributed by atoms with van der Waals surface area (Å²) >= 11 is 1.94. The maximum Gasteiger partial charge on any atom is 0.123 e. The van der Waals surface area contributed by atoms with Gasteiger partial charge in [-0.2, -0.15) is 11.8 Å². The first kappa shape index (κ1) is 14.4. The van der Waals surface area contributed by atoms with Crippen LogP contribution in [0, 0.1) is 18.7 Å². The van der Waals surface area contributed by atoms with Crippen LogP contribution < -0.4 is 0 Å². The van der Waals surface area contributed by atoms with E-state index in [2.05, 4.69) is 0 Å². The maximum atomic E-state index is 13.2. The summed E-state index contributed by atoms with van der Waals surface area (Å²) in [5.74, 6) is 2.16.